The first-order valence-electron chi connectivity index (χ1n) is 7.32. The largest absolute Gasteiger partial charge is 0.325 e. The lowest BCUT2D eigenvalue weighted by molar-refractivity contribution is -0.126. The summed E-state index contributed by atoms with van der Waals surface area (Å²) in [5, 5.41) is 2.44. The highest BCUT2D eigenvalue weighted by Crippen LogP contribution is 2.27. The number of carbonyl (C=O) groups is 2. The Hall–Kier alpha value is -1.10. The molecular weight excluding hydrogens is 242 g/mol. The summed E-state index contributed by atoms with van der Waals surface area (Å²) < 4.78 is 0. The first kappa shape index (κ1) is 14.3. The third-order valence-electron chi connectivity index (χ3n) is 4.85. The number of piperidine rings is 1. The zero-order valence-electron chi connectivity index (χ0n) is 12.2. The summed E-state index contributed by atoms with van der Waals surface area (Å²) in [4.78, 5) is 27.9. The van der Waals surface area contributed by atoms with Crippen LogP contribution in [0.3, 0.4) is 0 Å². The number of hydrogen-bond acceptors (Lipinski definition) is 3. The fourth-order valence-electron chi connectivity index (χ4n) is 3.13. The van der Waals surface area contributed by atoms with Crippen molar-refractivity contribution in [3.63, 3.8) is 0 Å². The molecule has 5 nitrogen and oxygen atoms in total. The molecule has 1 N–H and O–H groups in total. The topological polar surface area (TPSA) is 52.7 Å². The molecule has 2 saturated heterocycles. The first-order valence-corrected chi connectivity index (χ1v) is 7.32. The summed E-state index contributed by atoms with van der Waals surface area (Å²) in [5.74, 6) is -0.156. The minimum Gasteiger partial charge on any atom is -0.310 e. The van der Waals surface area contributed by atoms with E-state index in [2.05, 4.69) is 17.3 Å². The molecule has 0 spiro atoms. The van der Waals surface area contributed by atoms with Gasteiger partial charge in [0.2, 0.25) is 0 Å². The van der Waals surface area contributed by atoms with Crippen LogP contribution in [0.5, 0.6) is 0 Å². The van der Waals surface area contributed by atoms with E-state index in [1.807, 2.05) is 13.8 Å². The van der Waals surface area contributed by atoms with Crippen LogP contribution < -0.4 is 5.32 Å². The Morgan fingerprint density at radius 1 is 1.37 bits per heavy atom. The molecule has 19 heavy (non-hydrogen) atoms. The second kappa shape index (κ2) is 5.49. The van der Waals surface area contributed by atoms with Crippen molar-refractivity contribution in [2.45, 2.75) is 57.5 Å². The van der Waals surface area contributed by atoms with Crippen LogP contribution in [0.25, 0.3) is 0 Å². The van der Waals surface area contributed by atoms with Crippen LogP contribution in [0.4, 0.5) is 4.79 Å². The minimum atomic E-state index is -0.662. The average Bonchev–Trinajstić information content (AvgIpc) is 2.60. The lowest BCUT2D eigenvalue weighted by atomic mass is 9.95. The van der Waals surface area contributed by atoms with Crippen molar-refractivity contribution in [1.82, 2.24) is 15.1 Å². The van der Waals surface area contributed by atoms with E-state index < -0.39 is 5.54 Å². The van der Waals surface area contributed by atoms with Gasteiger partial charge in [-0.15, -0.1) is 0 Å². The predicted molar refractivity (Wildman–Crippen MR) is 73.8 cm³/mol. The highest BCUT2D eigenvalue weighted by atomic mass is 16.2. The number of hydrogen-bond donors (Lipinski definition) is 1. The predicted octanol–water partition coefficient (Wildman–Crippen LogP) is 1.58. The zero-order valence-corrected chi connectivity index (χ0v) is 12.2. The number of nitrogens with one attached hydrogen (secondary N) is 1. The van der Waals surface area contributed by atoms with Crippen molar-refractivity contribution in [2.75, 3.05) is 20.1 Å². The van der Waals surface area contributed by atoms with Crippen molar-refractivity contribution in [2.24, 2.45) is 0 Å². The van der Waals surface area contributed by atoms with Gasteiger partial charge >= 0.3 is 6.03 Å². The Bertz CT molecular complexity index is 372. The molecule has 5 heteroatoms. The molecule has 108 valence electrons. The Labute approximate surface area is 115 Å². The second-order valence-corrected chi connectivity index (χ2v) is 5.96. The molecule has 0 aromatic rings. The molecule has 3 amide bonds. The molecule has 2 fully saturated rings. The number of urea groups is 1. The van der Waals surface area contributed by atoms with Gasteiger partial charge in [0.05, 0.1) is 0 Å². The number of amides is 3. The molecule has 0 radical (unpaired) electrons. The summed E-state index contributed by atoms with van der Waals surface area (Å²) in [6.45, 7) is 5.62. The van der Waals surface area contributed by atoms with E-state index in [1.54, 1.807) is 4.90 Å². The second-order valence-electron chi connectivity index (χ2n) is 5.96. The molecule has 2 unspecified atom stereocenters. The maximum atomic E-state index is 11.9. The Balaban J connectivity index is 1.97. The number of nitrogens with zero attached hydrogens (tertiary/aromatic N) is 2. The van der Waals surface area contributed by atoms with Crippen molar-refractivity contribution in [3.05, 3.63) is 0 Å². The molecule has 0 aromatic carbocycles. The van der Waals surface area contributed by atoms with Crippen molar-refractivity contribution in [3.8, 4) is 0 Å². The van der Waals surface area contributed by atoms with E-state index in [0.29, 0.717) is 19.0 Å². The Morgan fingerprint density at radius 2 is 2.11 bits per heavy atom. The van der Waals surface area contributed by atoms with E-state index >= 15 is 0 Å². The molecule has 0 saturated carbocycles. The van der Waals surface area contributed by atoms with Crippen molar-refractivity contribution >= 4 is 11.9 Å². The molecule has 0 bridgehead atoms. The van der Waals surface area contributed by atoms with Gasteiger partial charge in [0.25, 0.3) is 5.91 Å². The number of carbonyl (C=O) groups excluding carboxylic acids is 2. The van der Waals surface area contributed by atoms with E-state index in [9.17, 15) is 9.59 Å². The Morgan fingerprint density at radius 3 is 2.74 bits per heavy atom. The van der Waals surface area contributed by atoms with Gasteiger partial charge in [-0.25, -0.2) is 4.79 Å². The lowest BCUT2D eigenvalue weighted by Crippen LogP contribution is -2.48. The minimum absolute atomic E-state index is 0.156. The van der Waals surface area contributed by atoms with E-state index in [-0.39, 0.29) is 11.9 Å². The van der Waals surface area contributed by atoms with Crippen LogP contribution in [-0.4, -0.2) is 53.5 Å². The smallest absolute Gasteiger partial charge is 0.310 e. The van der Waals surface area contributed by atoms with Crippen LogP contribution in [0, 0.1) is 0 Å². The summed E-state index contributed by atoms with van der Waals surface area (Å²) >= 11 is 0. The quantitative estimate of drug-likeness (QED) is 0.787. The van der Waals surface area contributed by atoms with E-state index in [0.717, 1.165) is 13.0 Å². The van der Waals surface area contributed by atoms with Gasteiger partial charge in [0.15, 0.2) is 0 Å². The van der Waals surface area contributed by atoms with E-state index in [1.165, 1.54) is 19.3 Å². The standard InChI is InChI=1S/C14H25N3O2/c1-4-14(2)12(18)15-13(19)17(14)10-8-11-7-5-6-9-16(11)3/h11H,4-10H2,1-3H3,(H,15,18,19). The highest BCUT2D eigenvalue weighted by Gasteiger charge is 2.47. The van der Waals surface area contributed by atoms with Gasteiger partial charge in [0, 0.05) is 12.6 Å². The SMILES string of the molecule is CCC1(C)C(=O)NC(=O)N1CCC1CCCCN1C. The van der Waals surface area contributed by atoms with E-state index in [4.69, 9.17) is 0 Å². The van der Waals surface area contributed by atoms with Crippen LogP contribution >= 0.6 is 0 Å². The monoisotopic (exact) mass is 267 g/mol. The van der Waals surface area contributed by atoms with Gasteiger partial charge in [-0.05, 0) is 46.2 Å². The molecule has 2 heterocycles. The van der Waals surface area contributed by atoms with Gasteiger partial charge in [0.1, 0.15) is 5.54 Å². The number of likely N-dealkylation sites (tertiary alicyclic amines) is 1. The highest BCUT2D eigenvalue weighted by molar-refractivity contribution is 6.06. The van der Waals surface area contributed by atoms with Crippen LogP contribution in [-0.2, 0) is 4.79 Å². The molecule has 2 aliphatic heterocycles. The van der Waals surface area contributed by atoms with Gasteiger partial charge < -0.3 is 9.80 Å². The lowest BCUT2D eigenvalue weighted by Gasteiger charge is -2.36. The molecule has 2 aliphatic rings. The number of imide groups is 1. The molecule has 2 rings (SSSR count). The number of rotatable bonds is 4. The van der Waals surface area contributed by atoms with Gasteiger partial charge in [-0.1, -0.05) is 13.3 Å². The normalized spacial score (nSPS) is 32.8. The van der Waals surface area contributed by atoms with Crippen LogP contribution in [0.1, 0.15) is 46.0 Å². The molecular formula is C14H25N3O2. The molecule has 2 atom stereocenters. The summed E-state index contributed by atoms with van der Waals surface area (Å²) in [6.07, 6.45) is 5.34. The fourth-order valence-corrected chi connectivity index (χ4v) is 3.13. The molecule has 0 aromatic heterocycles. The molecule has 0 aliphatic carbocycles. The Kier molecular flexibility index (Phi) is 4.13. The fraction of sp³-hybridized carbons (Fsp3) is 0.857. The summed E-state index contributed by atoms with van der Waals surface area (Å²) in [7, 11) is 2.15. The first-order chi connectivity index (χ1) is 8.99. The van der Waals surface area contributed by atoms with Gasteiger partial charge in [-0.3, -0.25) is 10.1 Å². The van der Waals surface area contributed by atoms with Crippen molar-refractivity contribution in [1.29, 1.82) is 0 Å². The average molecular weight is 267 g/mol. The third kappa shape index (κ3) is 2.61. The van der Waals surface area contributed by atoms with Gasteiger partial charge in [-0.2, -0.15) is 0 Å². The summed E-state index contributed by atoms with van der Waals surface area (Å²) in [5.41, 5.74) is -0.662. The van der Waals surface area contributed by atoms with Crippen molar-refractivity contribution < 1.29 is 9.59 Å². The summed E-state index contributed by atoms with van der Waals surface area (Å²) in [6, 6.07) is 0.311. The van der Waals surface area contributed by atoms with Crippen LogP contribution in [0.2, 0.25) is 0 Å². The maximum absolute atomic E-state index is 11.9. The van der Waals surface area contributed by atoms with Crippen LogP contribution in [0.15, 0.2) is 0 Å². The third-order valence-corrected chi connectivity index (χ3v) is 4.85. The zero-order chi connectivity index (χ0) is 14.0. The maximum Gasteiger partial charge on any atom is 0.325 e.